The first kappa shape index (κ1) is 21.6. The minimum atomic E-state index is -0.465. The third kappa shape index (κ3) is 5.29. The van der Waals surface area contributed by atoms with Crippen LogP contribution in [0.5, 0.6) is 5.75 Å². The van der Waals surface area contributed by atoms with Crippen molar-refractivity contribution in [1.29, 1.82) is 0 Å². The van der Waals surface area contributed by atoms with Crippen molar-refractivity contribution in [2.24, 2.45) is 0 Å². The topological polar surface area (TPSA) is 86.3 Å². The van der Waals surface area contributed by atoms with Crippen LogP contribution in [0.1, 0.15) is 22.5 Å². The summed E-state index contributed by atoms with van der Waals surface area (Å²) in [5.41, 5.74) is 3.46. The molecule has 0 fully saturated rings. The predicted molar refractivity (Wildman–Crippen MR) is 114 cm³/mol. The van der Waals surface area contributed by atoms with Crippen LogP contribution < -0.4 is 10.6 Å². The molecule has 7 nitrogen and oxygen atoms in total. The molecule has 30 heavy (non-hydrogen) atoms. The van der Waals surface area contributed by atoms with Crippen molar-refractivity contribution in [3.05, 3.63) is 70.8 Å². The van der Waals surface area contributed by atoms with E-state index < -0.39 is 5.82 Å². The Kier molecular flexibility index (Phi) is 6.94. The summed E-state index contributed by atoms with van der Waals surface area (Å²) in [6.45, 7) is 4.58. The lowest BCUT2D eigenvalue weighted by Crippen LogP contribution is -2.28. The Morgan fingerprint density at radius 3 is 2.73 bits per heavy atom. The third-order valence-electron chi connectivity index (χ3n) is 4.58. The molecule has 2 aromatic carbocycles. The number of hydrogen-bond acceptors (Lipinski definition) is 6. The first-order chi connectivity index (χ1) is 14.3. The Morgan fingerprint density at radius 1 is 1.23 bits per heavy atom. The van der Waals surface area contributed by atoms with Gasteiger partial charge in [-0.25, -0.2) is 9.07 Å². The monoisotopic (exact) mass is 429 g/mol. The SMILES string of the molecule is Cc1ccc(CN(C)C(=O)CSc2nnc(COc3ccccc3F)n2N)c(C)c1. The van der Waals surface area contributed by atoms with E-state index in [0.717, 1.165) is 11.1 Å². The average Bonchev–Trinajstić information content (AvgIpc) is 3.07. The van der Waals surface area contributed by atoms with Crippen LogP contribution in [0.4, 0.5) is 4.39 Å². The molecule has 9 heteroatoms. The van der Waals surface area contributed by atoms with Gasteiger partial charge in [0.15, 0.2) is 17.4 Å². The maximum absolute atomic E-state index is 13.6. The molecule has 0 saturated carbocycles. The molecule has 0 radical (unpaired) electrons. The van der Waals surface area contributed by atoms with Gasteiger partial charge in [0.05, 0.1) is 5.75 Å². The van der Waals surface area contributed by atoms with E-state index in [-0.39, 0.29) is 24.0 Å². The van der Waals surface area contributed by atoms with Gasteiger partial charge in [0.2, 0.25) is 11.1 Å². The molecule has 0 aliphatic carbocycles. The first-order valence-electron chi connectivity index (χ1n) is 9.34. The number of para-hydroxylation sites is 1. The van der Waals surface area contributed by atoms with Crippen LogP contribution in [0.15, 0.2) is 47.6 Å². The molecule has 0 aliphatic heterocycles. The van der Waals surface area contributed by atoms with Crippen molar-refractivity contribution >= 4 is 17.7 Å². The third-order valence-corrected chi connectivity index (χ3v) is 5.51. The number of aryl methyl sites for hydroxylation is 2. The number of hydrogen-bond donors (Lipinski definition) is 1. The van der Waals surface area contributed by atoms with Crippen molar-refractivity contribution in [3.8, 4) is 5.75 Å². The van der Waals surface area contributed by atoms with Gasteiger partial charge in [-0.2, -0.15) is 0 Å². The lowest BCUT2D eigenvalue weighted by molar-refractivity contribution is -0.127. The van der Waals surface area contributed by atoms with Crippen molar-refractivity contribution in [1.82, 2.24) is 19.8 Å². The van der Waals surface area contributed by atoms with Crippen LogP contribution in [0.3, 0.4) is 0 Å². The van der Waals surface area contributed by atoms with Gasteiger partial charge < -0.3 is 15.5 Å². The normalized spacial score (nSPS) is 10.8. The zero-order valence-corrected chi connectivity index (χ0v) is 17.9. The molecule has 3 rings (SSSR count). The van der Waals surface area contributed by atoms with E-state index in [9.17, 15) is 9.18 Å². The summed E-state index contributed by atoms with van der Waals surface area (Å²) >= 11 is 1.19. The molecule has 0 atom stereocenters. The summed E-state index contributed by atoms with van der Waals surface area (Å²) in [5.74, 6) is 6.09. The van der Waals surface area contributed by atoms with E-state index in [1.54, 1.807) is 24.1 Å². The van der Waals surface area contributed by atoms with Gasteiger partial charge in [-0.1, -0.05) is 47.7 Å². The molecule has 158 valence electrons. The fraction of sp³-hybridized carbons (Fsp3) is 0.286. The van der Waals surface area contributed by atoms with E-state index in [1.807, 2.05) is 26.0 Å². The van der Waals surface area contributed by atoms with Crippen LogP contribution >= 0.6 is 11.8 Å². The van der Waals surface area contributed by atoms with Crippen LogP contribution in [-0.2, 0) is 17.9 Å². The summed E-state index contributed by atoms with van der Waals surface area (Å²) in [5, 5.41) is 8.35. The molecular weight excluding hydrogens is 405 g/mol. The van der Waals surface area contributed by atoms with E-state index in [1.165, 1.54) is 34.1 Å². The number of carbonyl (C=O) groups excluding carboxylic acids is 1. The largest absolute Gasteiger partial charge is 0.482 e. The molecule has 1 amide bonds. The summed E-state index contributed by atoms with van der Waals surface area (Å²) < 4.78 is 20.3. The van der Waals surface area contributed by atoms with Gasteiger partial charge >= 0.3 is 0 Å². The summed E-state index contributed by atoms with van der Waals surface area (Å²) in [7, 11) is 1.77. The molecule has 1 heterocycles. The van der Waals surface area contributed by atoms with E-state index >= 15 is 0 Å². The number of amides is 1. The van der Waals surface area contributed by atoms with E-state index in [0.29, 0.717) is 17.5 Å². The van der Waals surface area contributed by atoms with Gasteiger partial charge in [-0.15, -0.1) is 10.2 Å². The number of carbonyl (C=O) groups is 1. The number of aromatic nitrogens is 3. The number of benzene rings is 2. The summed E-state index contributed by atoms with van der Waals surface area (Å²) in [6, 6.07) is 12.3. The van der Waals surface area contributed by atoms with E-state index in [4.69, 9.17) is 10.6 Å². The maximum atomic E-state index is 13.6. The van der Waals surface area contributed by atoms with E-state index in [2.05, 4.69) is 16.3 Å². The van der Waals surface area contributed by atoms with Crippen molar-refractivity contribution < 1.29 is 13.9 Å². The van der Waals surface area contributed by atoms with Crippen molar-refractivity contribution in [2.75, 3.05) is 18.6 Å². The standard InChI is InChI=1S/C21H24FN5O2S/c1-14-8-9-16(15(2)10-14)11-26(3)20(28)13-30-21-25-24-19(27(21)23)12-29-18-7-5-4-6-17(18)22/h4-10H,11-13,23H2,1-3H3. The van der Waals surface area contributed by atoms with Crippen molar-refractivity contribution in [2.45, 2.75) is 32.2 Å². The van der Waals surface area contributed by atoms with Gasteiger partial charge in [0.1, 0.15) is 6.61 Å². The Hall–Kier alpha value is -3.07. The zero-order valence-electron chi connectivity index (χ0n) is 17.1. The Morgan fingerprint density at radius 2 is 2.00 bits per heavy atom. The molecule has 0 aliphatic rings. The second-order valence-electron chi connectivity index (χ2n) is 6.96. The fourth-order valence-electron chi connectivity index (χ4n) is 2.81. The first-order valence-corrected chi connectivity index (χ1v) is 10.3. The summed E-state index contributed by atoms with van der Waals surface area (Å²) in [4.78, 5) is 14.2. The minimum absolute atomic E-state index is 0.0362. The summed E-state index contributed by atoms with van der Waals surface area (Å²) in [6.07, 6.45) is 0. The average molecular weight is 430 g/mol. The molecule has 2 N–H and O–H groups in total. The van der Waals surface area contributed by atoms with Crippen LogP contribution in [0.25, 0.3) is 0 Å². The smallest absolute Gasteiger partial charge is 0.233 e. The highest BCUT2D eigenvalue weighted by atomic mass is 32.2. The molecule has 0 bridgehead atoms. The lowest BCUT2D eigenvalue weighted by Gasteiger charge is -2.18. The number of rotatable bonds is 8. The second kappa shape index (κ2) is 9.62. The highest BCUT2D eigenvalue weighted by Gasteiger charge is 2.16. The second-order valence-corrected chi connectivity index (χ2v) is 7.90. The maximum Gasteiger partial charge on any atom is 0.233 e. The molecule has 0 saturated heterocycles. The fourth-order valence-corrected chi connectivity index (χ4v) is 3.63. The number of halogens is 1. The predicted octanol–water partition coefficient (Wildman–Crippen LogP) is 3.08. The lowest BCUT2D eigenvalue weighted by atomic mass is 10.1. The minimum Gasteiger partial charge on any atom is -0.482 e. The Labute approximate surface area is 179 Å². The number of nitrogens with zero attached hydrogens (tertiary/aromatic N) is 4. The zero-order chi connectivity index (χ0) is 21.7. The highest BCUT2D eigenvalue weighted by Crippen LogP contribution is 2.19. The molecular formula is C21H24FN5O2S. The van der Waals surface area contributed by atoms with Gasteiger partial charge in [0, 0.05) is 13.6 Å². The van der Waals surface area contributed by atoms with Gasteiger partial charge in [-0.05, 0) is 37.1 Å². The Bertz CT molecular complexity index is 1040. The Balaban J connectivity index is 1.54. The van der Waals surface area contributed by atoms with Crippen LogP contribution in [0, 0.1) is 19.7 Å². The van der Waals surface area contributed by atoms with Crippen LogP contribution in [0.2, 0.25) is 0 Å². The molecule has 3 aromatic rings. The number of thioether (sulfide) groups is 1. The van der Waals surface area contributed by atoms with Crippen LogP contribution in [-0.4, -0.2) is 38.5 Å². The molecule has 0 spiro atoms. The number of nitrogen functional groups attached to an aromatic ring is 1. The number of ether oxygens (including phenoxy) is 1. The highest BCUT2D eigenvalue weighted by molar-refractivity contribution is 7.99. The van der Waals surface area contributed by atoms with Gasteiger partial charge in [-0.3, -0.25) is 4.79 Å². The van der Waals surface area contributed by atoms with Crippen molar-refractivity contribution in [3.63, 3.8) is 0 Å². The number of nitrogens with two attached hydrogens (primary N) is 1. The molecule has 0 unspecified atom stereocenters. The quantitative estimate of drug-likeness (QED) is 0.437. The van der Waals surface area contributed by atoms with Gasteiger partial charge in [0.25, 0.3) is 0 Å². The molecule has 1 aromatic heterocycles.